The summed E-state index contributed by atoms with van der Waals surface area (Å²) >= 11 is 12.6. The van der Waals surface area contributed by atoms with Crippen molar-refractivity contribution in [3.05, 3.63) is 82.4 Å². The van der Waals surface area contributed by atoms with E-state index in [0.29, 0.717) is 28.1 Å². The molecule has 2 heterocycles. The summed E-state index contributed by atoms with van der Waals surface area (Å²) in [7, 11) is -4.37. The molecule has 0 atom stereocenters. The summed E-state index contributed by atoms with van der Waals surface area (Å²) in [4.78, 5) is 15.3. The van der Waals surface area contributed by atoms with Crippen LogP contribution in [-0.2, 0) is 21.5 Å². The molecule has 1 aliphatic rings. The molecule has 0 unspecified atom stereocenters. The summed E-state index contributed by atoms with van der Waals surface area (Å²) in [5.41, 5.74) is 2.99. The lowest BCUT2D eigenvalue weighted by molar-refractivity contribution is -0.677. The molecule has 1 aliphatic heterocycles. The van der Waals surface area contributed by atoms with Crippen LogP contribution >= 0.6 is 23.2 Å². The lowest BCUT2D eigenvalue weighted by atomic mass is 10.1. The largest absolute Gasteiger partial charge is 0.748 e. The van der Waals surface area contributed by atoms with E-state index in [1.165, 1.54) is 0 Å². The minimum absolute atomic E-state index is 0.0858. The van der Waals surface area contributed by atoms with E-state index < -0.39 is 21.8 Å². The summed E-state index contributed by atoms with van der Waals surface area (Å²) in [5, 5.41) is 12.1. The first-order chi connectivity index (χ1) is 19.6. The molecule has 3 aromatic carbocycles. The Morgan fingerprint density at radius 3 is 2.49 bits per heavy atom. The Hall–Kier alpha value is -3.57. The molecular formula is C29H27Cl2N3O6S. The normalized spacial score (nSPS) is 14.7. The van der Waals surface area contributed by atoms with Crippen molar-refractivity contribution in [2.24, 2.45) is 0 Å². The number of benzene rings is 3. The van der Waals surface area contributed by atoms with Crippen LogP contribution in [0.2, 0.25) is 10.0 Å². The summed E-state index contributed by atoms with van der Waals surface area (Å²) in [6.07, 6.45) is 5.45. The lowest BCUT2D eigenvalue weighted by Gasteiger charge is -2.23. The number of allylic oxidation sites excluding steroid dienone is 2. The maximum absolute atomic E-state index is 11.4. The van der Waals surface area contributed by atoms with E-state index in [1.54, 1.807) is 24.3 Å². The number of hydrogen-bond acceptors (Lipinski definition) is 7. The zero-order chi connectivity index (χ0) is 29.3. The fourth-order valence-corrected chi connectivity index (χ4v) is 5.94. The maximum atomic E-state index is 11.4. The maximum Gasteiger partial charge on any atom is 0.374 e. The van der Waals surface area contributed by atoms with Gasteiger partial charge in [-0.1, -0.05) is 47.5 Å². The van der Waals surface area contributed by atoms with Crippen LogP contribution < -0.4 is 14.4 Å². The van der Waals surface area contributed by atoms with Gasteiger partial charge in [0.2, 0.25) is 5.58 Å². The first-order valence-electron chi connectivity index (χ1n) is 13.0. The number of hydrogen-bond donors (Lipinski definition) is 1. The first-order valence-corrected chi connectivity index (χ1v) is 15.3. The number of aromatic nitrogens is 1. The molecule has 0 fully saturated rings. The topological polar surface area (TPSA) is 118 Å². The third kappa shape index (κ3) is 6.06. The monoisotopic (exact) mass is 615 g/mol. The molecule has 0 radical (unpaired) electrons. The predicted octanol–water partition coefficient (Wildman–Crippen LogP) is 5.79. The average molecular weight is 617 g/mol. The molecule has 1 N–H and O–H groups in total. The number of carboxylic acids is 1. The summed E-state index contributed by atoms with van der Waals surface area (Å²) in [6, 6.07) is 15.1. The van der Waals surface area contributed by atoms with Crippen LogP contribution in [0.5, 0.6) is 0 Å². The summed E-state index contributed by atoms with van der Waals surface area (Å²) < 4.78 is 41.9. The SMILES string of the molecule is CCN1C(=CC=Cc2oc3ccc4ccccc4c3[n+]2CCCS(=O)(=O)[O-])N(CCC(=O)O)c2cc(Cl)c(Cl)cc21. The molecule has 5 rings (SSSR count). The number of nitrogens with zero attached hydrogens (tertiary/aromatic N) is 3. The molecule has 0 spiro atoms. The second-order valence-electron chi connectivity index (χ2n) is 9.52. The van der Waals surface area contributed by atoms with Crippen molar-refractivity contribution in [3.8, 4) is 0 Å². The predicted molar refractivity (Wildman–Crippen MR) is 159 cm³/mol. The third-order valence-electron chi connectivity index (χ3n) is 6.89. The lowest BCUT2D eigenvalue weighted by Crippen LogP contribution is -2.36. The van der Waals surface area contributed by atoms with Gasteiger partial charge in [0.25, 0.3) is 5.52 Å². The Morgan fingerprint density at radius 1 is 1.10 bits per heavy atom. The first kappa shape index (κ1) is 28.9. The molecule has 0 saturated carbocycles. The van der Waals surface area contributed by atoms with Crippen LogP contribution in [0.3, 0.4) is 0 Å². The van der Waals surface area contributed by atoms with Crippen molar-refractivity contribution in [2.75, 3.05) is 28.6 Å². The number of fused-ring (bicyclic) bond motifs is 4. The van der Waals surface area contributed by atoms with Crippen LogP contribution in [0.4, 0.5) is 11.4 Å². The Labute approximate surface area is 247 Å². The van der Waals surface area contributed by atoms with E-state index in [0.717, 1.165) is 33.5 Å². The Kier molecular flexibility index (Phi) is 8.28. The van der Waals surface area contributed by atoms with Crippen LogP contribution in [0.25, 0.3) is 27.9 Å². The summed E-state index contributed by atoms with van der Waals surface area (Å²) in [6.45, 7) is 3.05. The highest BCUT2D eigenvalue weighted by Gasteiger charge is 2.31. The third-order valence-corrected chi connectivity index (χ3v) is 8.40. The van der Waals surface area contributed by atoms with Gasteiger partial charge in [-0.2, -0.15) is 4.57 Å². The smallest absolute Gasteiger partial charge is 0.374 e. The number of anilines is 2. The molecule has 41 heavy (non-hydrogen) atoms. The van der Waals surface area contributed by atoms with Crippen LogP contribution in [0.15, 0.2) is 70.9 Å². The van der Waals surface area contributed by atoms with Crippen LogP contribution in [0, 0.1) is 0 Å². The minimum Gasteiger partial charge on any atom is -0.748 e. The van der Waals surface area contributed by atoms with Gasteiger partial charge in [-0.3, -0.25) is 4.79 Å². The highest BCUT2D eigenvalue weighted by Crippen LogP contribution is 2.45. The minimum atomic E-state index is -4.37. The molecule has 1 aromatic heterocycles. The molecule has 0 saturated heterocycles. The van der Waals surface area contributed by atoms with E-state index in [2.05, 4.69) is 0 Å². The fraction of sp³-hybridized carbons (Fsp3) is 0.241. The molecule has 0 aliphatic carbocycles. The Morgan fingerprint density at radius 2 is 1.80 bits per heavy atom. The Balaban J connectivity index is 1.57. The van der Waals surface area contributed by atoms with E-state index in [-0.39, 0.29) is 25.9 Å². The Bertz CT molecular complexity index is 1820. The van der Waals surface area contributed by atoms with Gasteiger partial charge in [-0.05, 0) is 48.7 Å². The standard InChI is InChI=1S/C29H27Cl2N3O6S/c1-2-32-23-17-21(30)22(31)18-24(23)33(15-13-28(35)36)26(32)9-5-10-27-34(14-6-16-41(37,38)39)29-20-8-4-3-7-19(20)11-12-25(29)40-27/h3-5,7-12,17-18H,2,6,13-16H2,1H3,(H-,35,36,37,38,39). The van der Waals surface area contributed by atoms with Gasteiger partial charge in [0.15, 0.2) is 6.54 Å². The average Bonchev–Trinajstić information content (AvgIpc) is 3.41. The van der Waals surface area contributed by atoms with Crippen LogP contribution in [-0.4, -0.2) is 42.9 Å². The van der Waals surface area contributed by atoms with Crippen LogP contribution in [0.1, 0.15) is 25.7 Å². The number of aryl methyl sites for hydroxylation is 1. The van der Waals surface area contributed by atoms with Gasteiger partial charge < -0.3 is 23.9 Å². The molecule has 0 bridgehead atoms. The molecule has 0 amide bonds. The van der Waals surface area contributed by atoms with Crippen molar-refractivity contribution in [3.63, 3.8) is 0 Å². The highest BCUT2D eigenvalue weighted by molar-refractivity contribution is 7.85. The van der Waals surface area contributed by atoms with Gasteiger partial charge in [-0.15, -0.1) is 0 Å². The molecule has 4 aromatic rings. The molecule has 12 heteroatoms. The fourth-order valence-electron chi connectivity index (χ4n) is 5.14. The van der Waals surface area contributed by atoms with Gasteiger partial charge >= 0.3 is 11.9 Å². The van der Waals surface area contributed by atoms with Crippen molar-refractivity contribution in [1.82, 2.24) is 0 Å². The summed E-state index contributed by atoms with van der Waals surface area (Å²) in [5.74, 6) is -0.202. The van der Waals surface area contributed by atoms with Crippen molar-refractivity contribution in [2.45, 2.75) is 26.3 Å². The molecular weight excluding hydrogens is 589 g/mol. The van der Waals surface area contributed by atoms with E-state index in [1.807, 2.05) is 63.8 Å². The molecule has 214 valence electrons. The zero-order valence-electron chi connectivity index (χ0n) is 22.1. The van der Waals surface area contributed by atoms with E-state index in [9.17, 15) is 22.9 Å². The highest BCUT2D eigenvalue weighted by atomic mass is 35.5. The number of carboxylic acid groups (broad SMARTS) is 1. The van der Waals surface area contributed by atoms with Gasteiger partial charge in [0.05, 0.1) is 49.4 Å². The van der Waals surface area contributed by atoms with E-state index >= 15 is 0 Å². The van der Waals surface area contributed by atoms with Crippen molar-refractivity contribution >= 4 is 78.6 Å². The number of halogens is 2. The number of carbonyl (C=O) groups is 1. The van der Waals surface area contributed by atoms with Gasteiger partial charge in [0.1, 0.15) is 5.82 Å². The zero-order valence-corrected chi connectivity index (χ0v) is 24.4. The number of rotatable bonds is 10. The number of aliphatic carboxylic acids is 1. The van der Waals surface area contributed by atoms with Gasteiger partial charge in [0, 0.05) is 25.3 Å². The van der Waals surface area contributed by atoms with Crippen molar-refractivity contribution in [1.29, 1.82) is 0 Å². The second kappa shape index (κ2) is 11.7. The second-order valence-corrected chi connectivity index (χ2v) is 11.9. The quantitative estimate of drug-likeness (QED) is 0.176. The van der Waals surface area contributed by atoms with Crippen molar-refractivity contribution < 1.29 is 31.9 Å². The molecule has 9 nitrogen and oxygen atoms in total. The van der Waals surface area contributed by atoms with Gasteiger partial charge in [-0.25, -0.2) is 8.42 Å². The number of oxazole rings is 1. The van der Waals surface area contributed by atoms with E-state index in [4.69, 9.17) is 27.6 Å².